The van der Waals surface area contributed by atoms with Crippen LogP contribution in [0.1, 0.15) is 0 Å². The molecule has 1 amide bonds. The fraction of sp³-hybridized carbons (Fsp3) is 0.500. The van der Waals surface area contributed by atoms with Crippen molar-refractivity contribution in [2.75, 3.05) is 31.7 Å². The van der Waals surface area contributed by atoms with Crippen LogP contribution in [0.2, 0.25) is 0 Å². The maximum absolute atomic E-state index is 12.3. The number of carbonyl (C=O) groups excluding carboxylic acids is 1. The van der Waals surface area contributed by atoms with Gasteiger partial charge in [0.25, 0.3) is 5.91 Å². The van der Waals surface area contributed by atoms with Crippen LogP contribution in [0.15, 0.2) is 18.3 Å². The van der Waals surface area contributed by atoms with Crippen molar-refractivity contribution in [3.63, 3.8) is 0 Å². The minimum Gasteiger partial charge on any atom is -0.476 e. The Kier molecular flexibility index (Phi) is 2.49. The highest BCUT2D eigenvalue weighted by Gasteiger charge is 2.53. The van der Waals surface area contributed by atoms with E-state index in [-0.39, 0.29) is 5.91 Å². The first-order valence-corrected chi connectivity index (χ1v) is 5.85. The number of hydrogen-bond donors (Lipinski definition) is 1. The van der Waals surface area contributed by atoms with Crippen LogP contribution < -0.4 is 15.4 Å². The normalized spacial score (nSPS) is 25.1. The molecule has 1 saturated heterocycles. The Balaban J connectivity index is 1.98. The topological polar surface area (TPSA) is 77.7 Å². The summed E-state index contributed by atoms with van der Waals surface area (Å²) in [5.41, 5.74) is 5.38. The van der Waals surface area contributed by atoms with Crippen molar-refractivity contribution in [1.82, 2.24) is 4.98 Å². The number of fused-ring (bicyclic) bond motifs is 1. The Bertz CT molecular complexity index is 482. The fourth-order valence-corrected chi connectivity index (χ4v) is 2.31. The second-order valence-corrected chi connectivity index (χ2v) is 4.78. The zero-order valence-electron chi connectivity index (χ0n) is 10.1. The highest BCUT2D eigenvalue weighted by Crippen LogP contribution is 2.39. The van der Waals surface area contributed by atoms with E-state index in [4.69, 9.17) is 15.2 Å². The van der Waals surface area contributed by atoms with E-state index in [0.29, 0.717) is 31.3 Å². The van der Waals surface area contributed by atoms with Gasteiger partial charge in [0.15, 0.2) is 17.7 Å². The van der Waals surface area contributed by atoms with Crippen molar-refractivity contribution < 1.29 is 14.3 Å². The number of pyridine rings is 1. The van der Waals surface area contributed by atoms with E-state index in [1.165, 1.54) is 4.90 Å². The van der Waals surface area contributed by atoms with Crippen molar-refractivity contribution in [3.05, 3.63) is 18.3 Å². The number of aromatic nitrogens is 1. The number of anilines is 1. The molecule has 96 valence electrons. The van der Waals surface area contributed by atoms with Gasteiger partial charge in [0, 0.05) is 19.8 Å². The average Bonchev–Trinajstić information content (AvgIpc) is 2.35. The zero-order valence-corrected chi connectivity index (χ0v) is 10.1. The molecule has 0 aromatic carbocycles. The largest absolute Gasteiger partial charge is 0.476 e. The lowest BCUT2D eigenvalue weighted by molar-refractivity contribution is -0.171. The van der Waals surface area contributed by atoms with E-state index in [9.17, 15) is 4.79 Å². The lowest BCUT2D eigenvalue weighted by Crippen LogP contribution is -2.64. The van der Waals surface area contributed by atoms with E-state index in [1.807, 2.05) is 6.07 Å². The summed E-state index contributed by atoms with van der Waals surface area (Å²) in [4.78, 5) is 18.0. The summed E-state index contributed by atoms with van der Waals surface area (Å²) in [7, 11) is 1.70. The molecule has 0 spiro atoms. The number of nitrogens with zero attached hydrogens (tertiary/aromatic N) is 2. The van der Waals surface area contributed by atoms with Crippen molar-refractivity contribution in [2.24, 2.45) is 11.1 Å². The van der Waals surface area contributed by atoms with Crippen LogP contribution in [0.25, 0.3) is 0 Å². The van der Waals surface area contributed by atoms with Gasteiger partial charge >= 0.3 is 0 Å². The van der Waals surface area contributed by atoms with E-state index in [1.54, 1.807) is 19.3 Å². The highest BCUT2D eigenvalue weighted by atomic mass is 16.5. The van der Waals surface area contributed by atoms with Gasteiger partial charge in [-0.05, 0) is 12.1 Å². The summed E-state index contributed by atoms with van der Waals surface area (Å²) in [5, 5.41) is 0. The van der Waals surface area contributed by atoms with Crippen LogP contribution in [0.4, 0.5) is 5.82 Å². The monoisotopic (exact) mass is 249 g/mol. The van der Waals surface area contributed by atoms with E-state index in [2.05, 4.69) is 4.98 Å². The van der Waals surface area contributed by atoms with Gasteiger partial charge in [-0.15, -0.1) is 0 Å². The summed E-state index contributed by atoms with van der Waals surface area (Å²) in [6.45, 7) is 1.29. The molecule has 3 heterocycles. The molecule has 6 heteroatoms. The van der Waals surface area contributed by atoms with Crippen LogP contribution in [-0.2, 0) is 9.53 Å². The Morgan fingerprint density at radius 2 is 2.39 bits per heavy atom. The summed E-state index contributed by atoms with van der Waals surface area (Å²) in [6, 6.07) is 3.59. The summed E-state index contributed by atoms with van der Waals surface area (Å²) in [6.07, 6.45) is 1.05. The molecule has 3 rings (SSSR count). The third-order valence-corrected chi connectivity index (χ3v) is 3.61. The van der Waals surface area contributed by atoms with Gasteiger partial charge in [-0.25, -0.2) is 4.98 Å². The average molecular weight is 249 g/mol. The van der Waals surface area contributed by atoms with Crippen molar-refractivity contribution >= 4 is 11.7 Å². The molecule has 1 unspecified atom stereocenters. The predicted molar refractivity (Wildman–Crippen MR) is 64.4 cm³/mol. The van der Waals surface area contributed by atoms with Crippen LogP contribution in [0, 0.1) is 5.41 Å². The molecule has 2 aliphatic heterocycles. The number of hydrogen-bond acceptors (Lipinski definition) is 5. The lowest BCUT2D eigenvalue weighted by Gasteiger charge is -2.47. The minimum atomic E-state index is -0.585. The predicted octanol–water partition coefficient (Wildman–Crippen LogP) is -0.219. The van der Waals surface area contributed by atoms with Crippen molar-refractivity contribution in [1.29, 1.82) is 0 Å². The van der Waals surface area contributed by atoms with Gasteiger partial charge in [-0.1, -0.05) is 0 Å². The summed E-state index contributed by atoms with van der Waals surface area (Å²) < 4.78 is 11.0. The van der Waals surface area contributed by atoms with Crippen molar-refractivity contribution in [2.45, 2.75) is 6.10 Å². The molecule has 2 N–H and O–H groups in total. The molecule has 18 heavy (non-hydrogen) atoms. The standard InChI is InChI=1S/C12H15N3O3/c1-15-10-8(3-2-4-14-10)18-9(11(15)16)12(5-13)6-17-7-12/h2-4,9H,5-7,13H2,1H3. The molecule has 0 aliphatic carbocycles. The maximum atomic E-state index is 12.3. The molecule has 1 aromatic rings. The van der Waals surface area contributed by atoms with Gasteiger partial charge in [0.2, 0.25) is 0 Å². The van der Waals surface area contributed by atoms with Crippen LogP contribution in [0.5, 0.6) is 5.75 Å². The number of ether oxygens (including phenoxy) is 2. The molecule has 0 saturated carbocycles. The molecule has 6 nitrogen and oxygen atoms in total. The quantitative estimate of drug-likeness (QED) is 0.784. The first-order chi connectivity index (χ1) is 8.68. The Morgan fingerprint density at radius 1 is 1.61 bits per heavy atom. The minimum absolute atomic E-state index is 0.116. The number of likely N-dealkylation sites (N-methyl/N-ethyl adjacent to an activating group) is 1. The van der Waals surface area contributed by atoms with Crippen LogP contribution in [0.3, 0.4) is 0 Å². The van der Waals surface area contributed by atoms with Gasteiger partial charge in [0.1, 0.15) is 0 Å². The highest BCUT2D eigenvalue weighted by molar-refractivity contribution is 5.99. The van der Waals surface area contributed by atoms with Gasteiger partial charge in [-0.2, -0.15) is 0 Å². The number of amides is 1. The van der Waals surface area contributed by atoms with Gasteiger partial charge < -0.3 is 15.2 Å². The van der Waals surface area contributed by atoms with E-state index >= 15 is 0 Å². The molecular weight excluding hydrogens is 234 g/mol. The van der Waals surface area contributed by atoms with E-state index in [0.717, 1.165) is 0 Å². The number of rotatable bonds is 2. The van der Waals surface area contributed by atoms with Gasteiger partial charge in [-0.3, -0.25) is 9.69 Å². The van der Waals surface area contributed by atoms with Crippen LogP contribution in [-0.4, -0.2) is 43.8 Å². The summed E-state index contributed by atoms with van der Waals surface area (Å²) >= 11 is 0. The van der Waals surface area contributed by atoms with Gasteiger partial charge in [0.05, 0.1) is 18.6 Å². The third-order valence-electron chi connectivity index (χ3n) is 3.61. The molecule has 1 aromatic heterocycles. The maximum Gasteiger partial charge on any atom is 0.269 e. The first-order valence-electron chi connectivity index (χ1n) is 5.85. The Morgan fingerprint density at radius 3 is 3.00 bits per heavy atom. The molecule has 0 radical (unpaired) electrons. The third kappa shape index (κ3) is 1.42. The molecule has 2 aliphatic rings. The van der Waals surface area contributed by atoms with Crippen LogP contribution >= 0.6 is 0 Å². The summed E-state index contributed by atoms with van der Waals surface area (Å²) in [5.74, 6) is 1.05. The molecule has 1 fully saturated rings. The Labute approximate surface area is 105 Å². The SMILES string of the molecule is CN1C(=O)C(C2(CN)COC2)Oc2cccnc21. The van der Waals surface area contributed by atoms with Crippen molar-refractivity contribution in [3.8, 4) is 5.75 Å². The fourth-order valence-electron chi connectivity index (χ4n) is 2.31. The second kappa shape index (κ2) is 3.93. The smallest absolute Gasteiger partial charge is 0.269 e. The first kappa shape index (κ1) is 11.4. The molecular formula is C12H15N3O3. The molecule has 1 atom stereocenters. The molecule has 0 bridgehead atoms. The zero-order chi connectivity index (χ0) is 12.8. The number of carbonyl (C=O) groups is 1. The van der Waals surface area contributed by atoms with E-state index < -0.39 is 11.5 Å². The number of nitrogens with two attached hydrogens (primary N) is 1. The Hall–Kier alpha value is -1.66. The lowest BCUT2D eigenvalue weighted by atomic mass is 9.79. The second-order valence-electron chi connectivity index (χ2n) is 4.78.